The molecule has 3 N–H and O–H groups in total. The van der Waals surface area contributed by atoms with Gasteiger partial charge in [-0.25, -0.2) is 4.79 Å². The standard InChI is InChI=1S/C12H12N4O2/c1-13-6-8-5-9(16-15-8)7-2-3-11-10(4-7)14-12(17)18-11/h2-5,13H,6H2,1H3,(H,14,17)(H,15,16). The average molecular weight is 244 g/mol. The zero-order valence-electron chi connectivity index (χ0n) is 9.78. The summed E-state index contributed by atoms with van der Waals surface area (Å²) in [6.45, 7) is 0.734. The summed E-state index contributed by atoms with van der Waals surface area (Å²) in [5.41, 5.74) is 4.00. The van der Waals surface area contributed by atoms with Crippen LogP contribution in [0.1, 0.15) is 5.69 Å². The molecule has 6 nitrogen and oxygen atoms in total. The Morgan fingerprint density at radius 3 is 3.11 bits per heavy atom. The van der Waals surface area contributed by atoms with Crippen LogP contribution in [0.2, 0.25) is 0 Å². The van der Waals surface area contributed by atoms with Crippen molar-refractivity contribution in [2.75, 3.05) is 7.05 Å². The van der Waals surface area contributed by atoms with E-state index in [0.29, 0.717) is 11.1 Å². The third-order valence-electron chi connectivity index (χ3n) is 2.71. The third kappa shape index (κ3) is 1.82. The molecule has 0 bridgehead atoms. The highest BCUT2D eigenvalue weighted by Crippen LogP contribution is 2.21. The highest BCUT2D eigenvalue weighted by atomic mass is 16.4. The van der Waals surface area contributed by atoms with Crippen LogP contribution in [0.4, 0.5) is 0 Å². The number of hydrogen-bond donors (Lipinski definition) is 3. The maximum Gasteiger partial charge on any atom is 0.417 e. The number of aromatic nitrogens is 3. The summed E-state index contributed by atoms with van der Waals surface area (Å²) in [5, 5.41) is 10.2. The molecule has 2 aromatic heterocycles. The van der Waals surface area contributed by atoms with Gasteiger partial charge in [-0.1, -0.05) is 0 Å². The van der Waals surface area contributed by atoms with Crippen molar-refractivity contribution in [3.63, 3.8) is 0 Å². The SMILES string of the molecule is CNCc1cc(-c2ccc3oc(=O)[nH]c3c2)n[nH]1. The lowest BCUT2D eigenvalue weighted by Gasteiger charge is -1.95. The monoisotopic (exact) mass is 244 g/mol. The fourth-order valence-electron chi connectivity index (χ4n) is 1.90. The van der Waals surface area contributed by atoms with Crippen LogP contribution in [0, 0.1) is 0 Å². The maximum absolute atomic E-state index is 11.1. The average Bonchev–Trinajstić information content (AvgIpc) is 2.93. The predicted octanol–water partition coefficient (Wildman–Crippen LogP) is 1.23. The van der Waals surface area contributed by atoms with Gasteiger partial charge in [0.15, 0.2) is 5.58 Å². The van der Waals surface area contributed by atoms with Gasteiger partial charge in [-0.2, -0.15) is 5.10 Å². The van der Waals surface area contributed by atoms with Gasteiger partial charge >= 0.3 is 5.76 Å². The molecule has 0 saturated heterocycles. The van der Waals surface area contributed by atoms with Crippen molar-refractivity contribution >= 4 is 11.1 Å². The first-order valence-corrected chi connectivity index (χ1v) is 5.58. The van der Waals surface area contributed by atoms with Crippen molar-refractivity contribution in [3.8, 4) is 11.3 Å². The van der Waals surface area contributed by atoms with Crippen molar-refractivity contribution in [2.45, 2.75) is 6.54 Å². The van der Waals surface area contributed by atoms with E-state index in [2.05, 4.69) is 20.5 Å². The number of fused-ring (bicyclic) bond motifs is 1. The van der Waals surface area contributed by atoms with Crippen LogP contribution in [-0.4, -0.2) is 22.2 Å². The van der Waals surface area contributed by atoms with Crippen LogP contribution in [0.5, 0.6) is 0 Å². The Morgan fingerprint density at radius 2 is 2.28 bits per heavy atom. The first kappa shape index (κ1) is 10.8. The van der Waals surface area contributed by atoms with Gasteiger partial charge in [0.1, 0.15) is 0 Å². The lowest BCUT2D eigenvalue weighted by Crippen LogP contribution is -2.04. The van der Waals surface area contributed by atoms with Gasteiger partial charge in [-0.3, -0.25) is 10.1 Å². The minimum absolute atomic E-state index is 0.444. The number of nitrogens with one attached hydrogen (secondary N) is 3. The fourth-order valence-corrected chi connectivity index (χ4v) is 1.90. The normalized spacial score (nSPS) is 11.2. The maximum atomic E-state index is 11.1. The van der Waals surface area contributed by atoms with E-state index in [1.165, 1.54) is 0 Å². The van der Waals surface area contributed by atoms with Crippen LogP contribution in [0.25, 0.3) is 22.4 Å². The molecule has 92 valence electrons. The first-order valence-electron chi connectivity index (χ1n) is 5.58. The molecule has 0 aliphatic carbocycles. The summed E-state index contributed by atoms with van der Waals surface area (Å²) in [4.78, 5) is 13.7. The van der Waals surface area contributed by atoms with E-state index in [4.69, 9.17) is 4.42 Å². The van der Waals surface area contributed by atoms with E-state index in [-0.39, 0.29) is 0 Å². The zero-order valence-corrected chi connectivity index (χ0v) is 9.78. The van der Waals surface area contributed by atoms with Gasteiger partial charge in [0.05, 0.1) is 11.2 Å². The van der Waals surface area contributed by atoms with Gasteiger partial charge in [0, 0.05) is 17.8 Å². The van der Waals surface area contributed by atoms with E-state index >= 15 is 0 Å². The number of rotatable bonds is 3. The van der Waals surface area contributed by atoms with Gasteiger partial charge < -0.3 is 9.73 Å². The molecular weight excluding hydrogens is 232 g/mol. The van der Waals surface area contributed by atoms with Gasteiger partial charge in [0.2, 0.25) is 0 Å². The Labute approximate surface area is 102 Å². The molecule has 0 fully saturated rings. The van der Waals surface area contributed by atoms with Crippen LogP contribution < -0.4 is 11.1 Å². The van der Waals surface area contributed by atoms with E-state index in [1.54, 1.807) is 6.07 Å². The molecule has 0 saturated carbocycles. The zero-order chi connectivity index (χ0) is 12.5. The Bertz CT molecular complexity index is 738. The minimum atomic E-state index is -0.444. The molecule has 0 unspecified atom stereocenters. The second-order valence-electron chi connectivity index (χ2n) is 4.03. The molecule has 0 amide bonds. The summed E-state index contributed by atoms with van der Waals surface area (Å²) in [5.74, 6) is -0.444. The second kappa shape index (κ2) is 4.15. The molecule has 0 aliphatic heterocycles. The molecule has 3 aromatic rings. The van der Waals surface area contributed by atoms with E-state index < -0.39 is 5.76 Å². The van der Waals surface area contributed by atoms with Crippen LogP contribution in [0.15, 0.2) is 33.5 Å². The third-order valence-corrected chi connectivity index (χ3v) is 2.71. The topological polar surface area (TPSA) is 86.7 Å². The van der Waals surface area contributed by atoms with E-state index in [9.17, 15) is 4.79 Å². The molecular formula is C12H12N4O2. The smallest absolute Gasteiger partial charge is 0.408 e. The highest BCUT2D eigenvalue weighted by Gasteiger charge is 2.06. The summed E-state index contributed by atoms with van der Waals surface area (Å²) in [7, 11) is 1.88. The number of oxazole rings is 1. The predicted molar refractivity (Wildman–Crippen MR) is 67.2 cm³/mol. The van der Waals surface area contributed by atoms with E-state index in [0.717, 1.165) is 23.5 Å². The second-order valence-corrected chi connectivity index (χ2v) is 4.03. The molecule has 2 heterocycles. The fraction of sp³-hybridized carbons (Fsp3) is 0.167. The van der Waals surface area contributed by atoms with Crippen LogP contribution >= 0.6 is 0 Å². The van der Waals surface area contributed by atoms with Gasteiger partial charge in [0.25, 0.3) is 0 Å². The van der Waals surface area contributed by atoms with Crippen molar-refractivity contribution in [1.29, 1.82) is 0 Å². The van der Waals surface area contributed by atoms with Crippen LogP contribution in [0.3, 0.4) is 0 Å². The number of aromatic amines is 2. The first-order chi connectivity index (χ1) is 8.76. The largest absolute Gasteiger partial charge is 0.417 e. The highest BCUT2D eigenvalue weighted by molar-refractivity contribution is 5.79. The lowest BCUT2D eigenvalue weighted by atomic mass is 10.1. The van der Waals surface area contributed by atoms with Crippen molar-refractivity contribution < 1.29 is 4.42 Å². The molecule has 0 atom stereocenters. The number of benzene rings is 1. The van der Waals surface area contributed by atoms with Crippen molar-refractivity contribution in [3.05, 3.63) is 40.5 Å². The molecule has 3 rings (SSSR count). The molecule has 6 heteroatoms. The molecule has 0 spiro atoms. The Kier molecular flexibility index (Phi) is 2.49. The van der Waals surface area contributed by atoms with Crippen molar-refractivity contribution in [2.24, 2.45) is 0 Å². The van der Waals surface area contributed by atoms with Crippen LogP contribution in [-0.2, 0) is 6.54 Å². The molecule has 0 aliphatic rings. The quantitative estimate of drug-likeness (QED) is 0.646. The van der Waals surface area contributed by atoms with E-state index in [1.807, 2.05) is 25.2 Å². The summed E-state index contributed by atoms with van der Waals surface area (Å²) in [6.07, 6.45) is 0. The Balaban J connectivity index is 2.04. The van der Waals surface area contributed by atoms with Gasteiger partial charge in [-0.05, 0) is 31.3 Å². The summed E-state index contributed by atoms with van der Waals surface area (Å²) < 4.78 is 4.95. The molecule has 1 aromatic carbocycles. The minimum Gasteiger partial charge on any atom is -0.408 e. The number of H-pyrrole nitrogens is 2. The number of nitrogens with zero attached hydrogens (tertiary/aromatic N) is 1. The molecule has 18 heavy (non-hydrogen) atoms. The summed E-state index contributed by atoms with van der Waals surface area (Å²) >= 11 is 0. The van der Waals surface area contributed by atoms with Gasteiger partial charge in [-0.15, -0.1) is 0 Å². The number of hydrogen-bond acceptors (Lipinski definition) is 4. The van der Waals surface area contributed by atoms with Crippen molar-refractivity contribution in [1.82, 2.24) is 20.5 Å². The Morgan fingerprint density at radius 1 is 1.39 bits per heavy atom. The Hall–Kier alpha value is -2.34. The summed E-state index contributed by atoms with van der Waals surface area (Å²) in [6, 6.07) is 7.45. The molecule has 0 radical (unpaired) electrons. The lowest BCUT2D eigenvalue weighted by molar-refractivity contribution is 0.555.